The van der Waals surface area contributed by atoms with Gasteiger partial charge in [0.15, 0.2) is 0 Å². The van der Waals surface area contributed by atoms with Crippen LogP contribution in [0.25, 0.3) is 0 Å². The number of aromatic hydroxyl groups is 1. The number of phenolic OH excluding ortho intramolecular Hbond substituents is 1. The zero-order chi connectivity index (χ0) is 15.4. The minimum Gasteiger partial charge on any atom is -0.507 e. The van der Waals surface area contributed by atoms with Crippen LogP contribution in [0.5, 0.6) is 5.75 Å². The van der Waals surface area contributed by atoms with E-state index in [1.807, 2.05) is 12.2 Å². The highest BCUT2D eigenvalue weighted by molar-refractivity contribution is 6.05. The Morgan fingerprint density at radius 2 is 2.19 bits per heavy atom. The lowest BCUT2D eigenvalue weighted by atomic mass is 9.93. The number of primary amides is 1. The van der Waals surface area contributed by atoms with Crippen molar-refractivity contribution in [2.45, 2.75) is 38.1 Å². The van der Waals surface area contributed by atoms with Crippen LogP contribution in [-0.4, -0.2) is 23.0 Å². The van der Waals surface area contributed by atoms with Gasteiger partial charge in [0.05, 0.1) is 0 Å². The number of benzene rings is 1. The zero-order valence-corrected chi connectivity index (χ0v) is 12.0. The number of allylic oxidation sites excluding steroid dienone is 1. The number of carbonyl (C=O) groups is 2. The summed E-state index contributed by atoms with van der Waals surface area (Å²) in [4.78, 5) is 24.0. The zero-order valence-electron chi connectivity index (χ0n) is 12.0. The fraction of sp³-hybridized carbons (Fsp3) is 0.375. The average Bonchev–Trinajstić information content (AvgIpc) is 2.44. The van der Waals surface area contributed by atoms with Crippen molar-refractivity contribution in [1.82, 2.24) is 5.32 Å². The van der Waals surface area contributed by atoms with Crippen LogP contribution in [0.15, 0.2) is 30.4 Å². The quantitative estimate of drug-likeness (QED) is 0.579. The summed E-state index contributed by atoms with van der Waals surface area (Å²) in [6.45, 7) is 1.71. The van der Waals surface area contributed by atoms with E-state index < -0.39 is 17.7 Å². The number of carbonyl (C=O) groups excluding carboxylic acids is 2. The van der Waals surface area contributed by atoms with Gasteiger partial charge in [-0.05, 0) is 31.7 Å². The molecule has 5 nitrogen and oxygen atoms in total. The second kappa shape index (κ2) is 6.43. The molecule has 1 aromatic rings. The van der Waals surface area contributed by atoms with Crippen molar-refractivity contribution in [2.24, 2.45) is 5.73 Å². The lowest BCUT2D eigenvalue weighted by Crippen LogP contribution is -2.42. The van der Waals surface area contributed by atoms with E-state index in [2.05, 4.69) is 5.32 Å². The van der Waals surface area contributed by atoms with Crippen LogP contribution in [0.2, 0.25) is 0 Å². The summed E-state index contributed by atoms with van der Waals surface area (Å²) in [6, 6.07) is 4.86. The summed E-state index contributed by atoms with van der Waals surface area (Å²) in [5.74, 6) is -2.48. The number of hydrogen-bond donors (Lipinski definition) is 3. The number of amides is 2. The van der Waals surface area contributed by atoms with Gasteiger partial charge in [0.1, 0.15) is 11.7 Å². The van der Waals surface area contributed by atoms with Crippen LogP contribution in [0.4, 0.5) is 0 Å². The highest BCUT2D eigenvalue weighted by Crippen LogP contribution is 2.29. The molecule has 0 radical (unpaired) electrons. The molecular formula is C16H20N2O3. The third kappa shape index (κ3) is 3.42. The van der Waals surface area contributed by atoms with E-state index >= 15 is 0 Å². The van der Waals surface area contributed by atoms with Gasteiger partial charge in [-0.1, -0.05) is 30.4 Å². The average molecular weight is 288 g/mol. The Kier molecular flexibility index (Phi) is 4.62. The minimum absolute atomic E-state index is 0.0596. The van der Waals surface area contributed by atoms with Crippen LogP contribution in [0.3, 0.4) is 0 Å². The maximum Gasteiger partial charge on any atom is 0.237 e. The number of aryl methyl sites for hydroxylation is 1. The van der Waals surface area contributed by atoms with E-state index in [9.17, 15) is 14.7 Å². The molecular weight excluding hydrogens is 268 g/mol. The standard InChI is InChI=1S/C16H20N2O3/c1-10-6-5-9-12(14(10)19)13(15(17)20)16(21)18-11-7-3-2-4-8-11/h3,5-7,9,11,13,19H,2,4,8H2,1H3,(H2,17,20)(H,18,21). The van der Waals surface area contributed by atoms with Crippen molar-refractivity contribution in [3.8, 4) is 5.75 Å². The van der Waals surface area contributed by atoms with Gasteiger partial charge in [0.2, 0.25) is 11.8 Å². The normalized spacial score (nSPS) is 19.0. The van der Waals surface area contributed by atoms with Crippen molar-refractivity contribution in [3.63, 3.8) is 0 Å². The van der Waals surface area contributed by atoms with Gasteiger partial charge in [0.25, 0.3) is 0 Å². The molecule has 0 saturated carbocycles. The van der Waals surface area contributed by atoms with Crippen molar-refractivity contribution in [3.05, 3.63) is 41.5 Å². The van der Waals surface area contributed by atoms with E-state index in [-0.39, 0.29) is 17.4 Å². The molecule has 4 N–H and O–H groups in total. The fourth-order valence-corrected chi connectivity index (χ4v) is 2.54. The van der Waals surface area contributed by atoms with E-state index in [1.54, 1.807) is 25.1 Å². The summed E-state index contributed by atoms with van der Waals surface area (Å²) in [5.41, 5.74) is 6.22. The molecule has 1 aliphatic rings. The van der Waals surface area contributed by atoms with Crippen LogP contribution >= 0.6 is 0 Å². The highest BCUT2D eigenvalue weighted by atomic mass is 16.3. The number of nitrogens with two attached hydrogens (primary N) is 1. The molecule has 0 saturated heterocycles. The number of nitrogens with one attached hydrogen (secondary N) is 1. The first-order chi connectivity index (χ1) is 10.0. The number of hydrogen-bond acceptors (Lipinski definition) is 3. The Morgan fingerprint density at radius 1 is 1.43 bits per heavy atom. The number of para-hydroxylation sites is 1. The minimum atomic E-state index is -1.18. The molecule has 0 aromatic heterocycles. The first kappa shape index (κ1) is 15.1. The van der Waals surface area contributed by atoms with Gasteiger partial charge in [0, 0.05) is 11.6 Å². The third-order valence-corrected chi connectivity index (χ3v) is 3.71. The van der Waals surface area contributed by atoms with Crippen LogP contribution in [0, 0.1) is 6.92 Å². The van der Waals surface area contributed by atoms with E-state index in [0.717, 1.165) is 19.3 Å². The highest BCUT2D eigenvalue weighted by Gasteiger charge is 2.30. The molecule has 112 valence electrons. The van der Waals surface area contributed by atoms with Gasteiger partial charge < -0.3 is 16.2 Å². The van der Waals surface area contributed by atoms with Gasteiger partial charge >= 0.3 is 0 Å². The topological polar surface area (TPSA) is 92.4 Å². The summed E-state index contributed by atoms with van der Waals surface area (Å²) in [5, 5.41) is 12.9. The summed E-state index contributed by atoms with van der Waals surface area (Å²) in [7, 11) is 0. The maximum absolute atomic E-state index is 12.4. The Morgan fingerprint density at radius 3 is 2.81 bits per heavy atom. The van der Waals surface area contributed by atoms with Crippen molar-refractivity contribution in [1.29, 1.82) is 0 Å². The van der Waals surface area contributed by atoms with Gasteiger partial charge in [-0.25, -0.2) is 0 Å². The third-order valence-electron chi connectivity index (χ3n) is 3.71. The molecule has 2 unspecified atom stereocenters. The predicted octanol–water partition coefficient (Wildman–Crippen LogP) is 1.49. The van der Waals surface area contributed by atoms with E-state index in [0.29, 0.717) is 5.56 Å². The molecule has 0 fully saturated rings. The molecule has 2 atom stereocenters. The molecule has 0 aliphatic heterocycles. The van der Waals surface area contributed by atoms with Crippen LogP contribution in [0.1, 0.15) is 36.3 Å². The molecule has 2 amide bonds. The summed E-state index contributed by atoms with van der Waals surface area (Å²) in [6.07, 6.45) is 6.78. The van der Waals surface area contributed by atoms with Crippen molar-refractivity contribution >= 4 is 11.8 Å². The molecule has 5 heteroatoms. The number of rotatable bonds is 4. The molecule has 0 heterocycles. The Balaban J connectivity index is 2.24. The molecule has 21 heavy (non-hydrogen) atoms. The molecule has 0 spiro atoms. The Bertz CT molecular complexity index is 581. The molecule has 1 aromatic carbocycles. The van der Waals surface area contributed by atoms with Crippen LogP contribution in [-0.2, 0) is 9.59 Å². The van der Waals surface area contributed by atoms with Crippen LogP contribution < -0.4 is 11.1 Å². The molecule has 1 aliphatic carbocycles. The summed E-state index contributed by atoms with van der Waals surface area (Å²) >= 11 is 0. The predicted molar refractivity (Wildman–Crippen MR) is 79.7 cm³/mol. The second-order valence-corrected chi connectivity index (χ2v) is 5.32. The SMILES string of the molecule is Cc1cccc(C(C(N)=O)C(=O)NC2C=CCCC2)c1O. The van der Waals surface area contributed by atoms with Gasteiger partial charge in [-0.3, -0.25) is 9.59 Å². The second-order valence-electron chi connectivity index (χ2n) is 5.32. The Labute approximate surface area is 123 Å². The van der Waals surface area contributed by atoms with Gasteiger partial charge in [-0.15, -0.1) is 0 Å². The first-order valence-corrected chi connectivity index (χ1v) is 7.05. The molecule has 2 rings (SSSR count). The van der Waals surface area contributed by atoms with Gasteiger partial charge in [-0.2, -0.15) is 0 Å². The summed E-state index contributed by atoms with van der Waals surface area (Å²) < 4.78 is 0. The maximum atomic E-state index is 12.4. The lowest BCUT2D eigenvalue weighted by molar-refractivity contribution is -0.130. The lowest BCUT2D eigenvalue weighted by Gasteiger charge is -2.22. The fourth-order valence-electron chi connectivity index (χ4n) is 2.54. The van der Waals surface area contributed by atoms with E-state index in [1.165, 1.54) is 0 Å². The monoisotopic (exact) mass is 288 g/mol. The first-order valence-electron chi connectivity index (χ1n) is 7.05. The number of phenols is 1. The van der Waals surface area contributed by atoms with E-state index in [4.69, 9.17) is 5.73 Å². The van der Waals surface area contributed by atoms with Crippen molar-refractivity contribution in [2.75, 3.05) is 0 Å². The Hall–Kier alpha value is -2.30. The largest absolute Gasteiger partial charge is 0.507 e. The molecule has 0 bridgehead atoms. The van der Waals surface area contributed by atoms with Crippen molar-refractivity contribution < 1.29 is 14.7 Å². The smallest absolute Gasteiger partial charge is 0.237 e.